The average Bonchev–Trinajstić information content (AvgIpc) is 2.66. The summed E-state index contributed by atoms with van der Waals surface area (Å²) in [6, 6.07) is 12.5. The van der Waals surface area contributed by atoms with E-state index in [4.69, 9.17) is 4.74 Å². The quantitative estimate of drug-likeness (QED) is 0.689. The smallest absolute Gasteiger partial charge is 0.119 e. The van der Waals surface area contributed by atoms with Crippen molar-refractivity contribution >= 4 is 11.8 Å². The third-order valence-corrected chi connectivity index (χ3v) is 7.10. The number of aliphatic hydroxyl groups is 3. The van der Waals surface area contributed by atoms with Crippen LogP contribution in [0.2, 0.25) is 0 Å². The maximum Gasteiger partial charge on any atom is 0.119 e. The molecule has 1 aliphatic heterocycles. The summed E-state index contributed by atoms with van der Waals surface area (Å²) < 4.78 is 5.52. The van der Waals surface area contributed by atoms with Crippen molar-refractivity contribution in [2.45, 2.75) is 56.3 Å². The lowest BCUT2D eigenvalue weighted by atomic mass is 9.91. The number of aryl methyl sites for hydroxylation is 2. The predicted molar refractivity (Wildman–Crippen MR) is 114 cm³/mol. The van der Waals surface area contributed by atoms with E-state index in [0.29, 0.717) is 13.0 Å². The molecule has 0 radical (unpaired) electrons. The Morgan fingerprint density at radius 3 is 2.39 bits per heavy atom. The molecule has 152 valence electrons. The first-order valence-corrected chi connectivity index (χ1v) is 10.8. The van der Waals surface area contributed by atoms with Crippen molar-refractivity contribution in [2.75, 3.05) is 13.2 Å². The molecule has 1 fully saturated rings. The largest absolute Gasteiger partial charge is 0.494 e. The second-order valence-electron chi connectivity index (χ2n) is 7.54. The van der Waals surface area contributed by atoms with E-state index in [1.54, 1.807) is 0 Å². The lowest BCUT2D eigenvalue weighted by Crippen LogP contribution is -2.39. The second kappa shape index (κ2) is 9.31. The van der Waals surface area contributed by atoms with E-state index in [9.17, 15) is 15.3 Å². The highest BCUT2D eigenvalue weighted by Gasteiger charge is 2.37. The Balaban J connectivity index is 1.86. The van der Waals surface area contributed by atoms with Crippen molar-refractivity contribution < 1.29 is 20.1 Å². The molecular formula is C23H30O4S. The highest BCUT2D eigenvalue weighted by atomic mass is 32.2. The summed E-state index contributed by atoms with van der Waals surface area (Å²) in [5.41, 5.74) is 5.89. The minimum atomic E-state index is -0.671. The van der Waals surface area contributed by atoms with E-state index in [-0.39, 0.29) is 17.1 Å². The molecule has 2 aromatic rings. The summed E-state index contributed by atoms with van der Waals surface area (Å²) >= 11 is 1.48. The summed E-state index contributed by atoms with van der Waals surface area (Å²) in [4.78, 5) is 0. The Morgan fingerprint density at radius 2 is 1.75 bits per heavy atom. The minimum absolute atomic E-state index is 0.0843. The Hall–Kier alpha value is -1.53. The lowest BCUT2D eigenvalue weighted by Gasteiger charge is -2.36. The molecule has 0 amide bonds. The molecule has 0 aromatic heterocycles. The monoisotopic (exact) mass is 402 g/mol. The van der Waals surface area contributed by atoms with Crippen LogP contribution in [0.15, 0.2) is 36.4 Å². The number of hydrogen-bond donors (Lipinski definition) is 3. The van der Waals surface area contributed by atoms with E-state index in [0.717, 1.165) is 23.3 Å². The van der Waals surface area contributed by atoms with Gasteiger partial charge >= 0.3 is 0 Å². The first kappa shape index (κ1) is 21.2. The van der Waals surface area contributed by atoms with E-state index >= 15 is 0 Å². The Kier molecular flexibility index (Phi) is 7.05. The fourth-order valence-corrected chi connectivity index (χ4v) is 5.29. The van der Waals surface area contributed by atoms with Crippen molar-refractivity contribution in [1.82, 2.24) is 0 Å². The van der Waals surface area contributed by atoms with Crippen LogP contribution in [-0.2, 0) is 6.42 Å². The molecule has 4 unspecified atom stereocenters. The first-order valence-electron chi connectivity index (χ1n) is 9.87. The highest BCUT2D eigenvalue weighted by Crippen LogP contribution is 2.44. The highest BCUT2D eigenvalue weighted by molar-refractivity contribution is 8.00. The third kappa shape index (κ3) is 4.71. The topological polar surface area (TPSA) is 69.9 Å². The molecule has 1 heterocycles. The number of rotatable bonds is 6. The van der Waals surface area contributed by atoms with Gasteiger partial charge in [0.25, 0.3) is 0 Å². The van der Waals surface area contributed by atoms with Crippen LogP contribution in [0.25, 0.3) is 0 Å². The van der Waals surface area contributed by atoms with E-state index in [2.05, 4.69) is 38.1 Å². The molecular weight excluding hydrogens is 372 g/mol. The molecule has 1 aliphatic rings. The molecule has 2 aromatic carbocycles. The fourth-order valence-electron chi connectivity index (χ4n) is 3.84. The number of ether oxygens (including phenoxy) is 1. The number of aliphatic hydroxyl groups excluding tert-OH is 3. The third-order valence-electron chi connectivity index (χ3n) is 5.42. The Labute approximate surface area is 171 Å². The minimum Gasteiger partial charge on any atom is -0.494 e. The summed E-state index contributed by atoms with van der Waals surface area (Å²) in [6.45, 7) is 6.73. The van der Waals surface area contributed by atoms with Crippen LogP contribution in [-0.4, -0.2) is 46.0 Å². The molecule has 0 bridgehead atoms. The molecule has 4 atom stereocenters. The predicted octanol–water partition coefficient (Wildman–Crippen LogP) is 3.55. The van der Waals surface area contributed by atoms with Gasteiger partial charge in [-0.15, -0.1) is 11.8 Å². The summed E-state index contributed by atoms with van der Waals surface area (Å²) in [7, 11) is 0. The Bertz CT molecular complexity index is 790. The fraction of sp³-hybridized carbons (Fsp3) is 0.478. The van der Waals surface area contributed by atoms with E-state index < -0.39 is 12.2 Å². The summed E-state index contributed by atoms with van der Waals surface area (Å²) in [5, 5.41) is 29.8. The molecule has 3 N–H and O–H groups in total. The van der Waals surface area contributed by atoms with Crippen LogP contribution in [0.5, 0.6) is 5.75 Å². The molecule has 28 heavy (non-hydrogen) atoms. The SMILES string of the molecule is CCOc1ccc(Cc2cc(C3SC(CO)C(O)CC3O)c(C)cc2C)cc1. The van der Waals surface area contributed by atoms with Gasteiger partial charge in [0.05, 0.1) is 35.9 Å². The molecule has 0 saturated carbocycles. The zero-order valence-corrected chi connectivity index (χ0v) is 17.6. The van der Waals surface area contributed by atoms with Crippen LogP contribution in [0.1, 0.15) is 46.4 Å². The van der Waals surface area contributed by atoms with Crippen molar-refractivity contribution in [1.29, 1.82) is 0 Å². The van der Waals surface area contributed by atoms with Crippen LogP contribution in [0, 0.1) is 13.8 Å². The standard InChI is InChI=1S/C23H30O4S/c1-4-27-18-7-5-16(6-8-18)10-17-11-19(15(3)9-14(17)2)23-21(26)12-20(25)22(13-24)28-23/h5-9,11,20-26H,4,10,12-13H2,1-3H3. The van der Waals surface area contributed by atoms with Crippen LogP contribution in [0.3, 0.4) is 0 Å². The summed E-state index contributed by atoms with van der Waals surface area (Å²) in [6.07, 6.45) is -0.187. The van der Waals surface area contributed by atoms with Gasteiger partial charge in [0.15, 0.2) is 0 Å². The van der Waals surface area contributed by atoms with Gasteiger partial charge in [-0.05, 0) is 67.1 Å². The molecule has 3 rings (SSSR count). The van der Waals surface area contributed by atoms with Crippen LogP contribution >= 0.6 is 11.8 Å². The van der Waals surface area contributed by atoms with Gasteiger partial charge in [-0.25, -0.2) is 0 Å². The van der Waals surface area contributed by atoms with Gasteiger partial charge in [0.1, 0.15) is 5.75 Å². The van der Waals surface area contributed by atoms with Gasteiger partial charge in [0, 0.05) is 6.42 Å². The second-order valence-corrected chi connectivity index (χ2v) is 8.92. The molecule has 0 aliphatic carbocycles. The maximum atomic E-state index is 10.6. The molecule has 5 heteroatoms. The van der Waals surface area contributed by atoms with E-state index in [1.807, 2.05) is 19.1 Å². The normalized spacial score (nSPS) is 24.9. The lowest BCUT2D eigenvalue weighted by molar-refractivity contribution is 0.0574. The number of benzene rings is 2. The zero-order chi connectivity index (χ0) is 20.3. The van der Waals surface area contributed by atoms with Crippen LogP contribution < -0.4 is 4.74 Å². The van der Waals surface area contributed by atoms with Gasteiger partial charge in [0.2, 0.25) is 0 Å². The number of hydrogen-bond acceptors (Lipinski definition) is 5. The van der Waals surface area contributed by atoms with Gasteiger partial charge in [-0.2, -0.15) is 0 Å². The van der Waals surface area contributed by atoms with Crippen LogP contribution in [0.4, 0.5) is 0 Å². The zero-order valence-electron chi connectivity index (χ0n) is 16.8. The van der Waals surface area contributed by atoms with Gasteiger partial charge in [-0.3, -0.25) is 0 Å². The molecule has 4 nitrogen and oxygen atoms in total. The van der Waals surface area contributed by atoms with Crippen molar-refractivity contribution in [3.05, 3.63) is 64.2 Å². The number of thioether (sulfide) groups is 1. The van der Waals surface area contributed by atoms with Crippen molar-refractivity contribution in [3.8, 4) is 5.75 Å². The van der Waals surface area contributed by atoms with Crippen molar-refractivity contribution in [2.24, 2.45) is 0 Å². The van der Waals surface area contributed by atoms with Gasteiger partial charge < -0.3 is 20.1 Å². The van der Waals surface area contributed by atoms with E-state index in [1.165, 1.54) is 28.5 Å². The average molecular weight is 403 g/mol. The first-order chi connectivity index (χ1) is 13.4. The van der Waals surface area contributed by atoms with Crippen molar-refractivity contribution in [3.63, 3.8) is 0 Å². The Morgan fingerprint density at radius 1 is 1.04 bits per heavy atom. The maximum absolute atomic E-state index is 10.6. The summed E-state index contributed by atoms with van der Waals surface area (Å²) in [5.74, 6) is 0.878. The molecule has 0 spiro atoms. The molecule has 1 saturated heterocycles. The van der Waals surface area contributed by atoms with Gasteiger partial charge in [-0.1, -0.05) is 24.3 Å².